The highest BCUT2D eigenvalue weighted by atomic mass is 16.5. The summed E-state index contributed by atoms with van der Waals surface area (Å²) in [6.07, 6.45) is 1.97. The number of nitrogens with one attached hydrogen (secondary N) is 1. The number of tetrazole rings is 1. The van der Waals surface area contributed by atoms with E-state index in [0.29, 0.717) is 19.8 Å². The lowest BCUT2D eigenvalue weighted by atomic mass is 10.1. The van der Waals surface area contributed by atoms with Gasteiger partial charge in [-0.3, -0.25) is 4.79 Å². The number of ether oxygens (including phenoxy) is 2. The molecule has 2 aromatic rings. The lowest BCUT2D eigenvalue weighted by Crippen LogP contribution is -2.51. The molecule has 2 heterocycles. The van der Waals surface area contributed by atoms with Gasteiger partial charge in [0.2, 0.25) is 5.91 Å². The number of nitrogens with zero attached hydrogens (tertiary/aromatic N) is 4. The van der Waals surface area contributed by atoms with Crippen molar-refractivity contribution in [2.75, 3.05) is 13.2 Å². The quantitative estimate of drug-likeness (QED) is 0.816. The predicted molar refractivity (Wildman–Crippen MR) is 80.2 cm³/mol. The number of hydrogen-bond acceptors (Lipinski definition) is 6. The molecule has 1 fully saturated rings. The Morgan fingerprint density at radius 2 is 2.26 bits per heavy atom. The monoisotopic (exact) mass is 317 g/mol. The average Bonchev–Trinajstić information content (AvgIpc) is 3.08. The number of hydrogen-bond donors (Lipinski definition) is 1. The normalized spacial score (nSPS) is 21.0. The second kappa shape index (κ2) is 7.80. The van der Waals surface area contributed by atoms with E-state index >= 15 is 0 Å². The molecule has 1 N–H and O–H groups in total. The number of aromatic nitrogens is 4. The van der Waals surface area contributed by atoms with E-state index in [1.165, 1.54) is 11.1 Å². The van der Waals surface area contributed by atoms with Crippen molar-refractivity contribution in [2.45, 2.75) is 31.7 Å². The Balaban J connectivity index is 1.52. The lowest BCUT2D eigenvalue weighted by molar-refractivity contribution is -0.127. The molecule has 23 heavy (non-hydrogen) atoms. The molecule has 1 amide bonds. The highest BCUT2D eigenvalue weighted by molar-refractivity contribution is 5.75. The molecule has 0 radical (unpaired) electrons. The summed E-state index contributed by atoms with van der Waals surface area (Å²) >= 11 is 0. The van der Waals surface area contributed by atoms with E-state index in [4.69, 9.17) is 9.47 Å². The van der Waals surface area contributed by atoms with Crippen LogP contribution < -0.4 is 5.32 Å². The summed E-state index contributed by atoms with van der Waals surface area (Å²) in [4.78, 5) is 13.3. The topological polar surface area (TPSA) is 91.2 Å². The predicted octanol–water partition coefficient (Wildman–Crippen LogP) is 0.164. The van der Waals surface area contributed by atoms with Crippen LogP contribution in [0.3, 0.4) is 0 Å². The van der Waals surface area contributed by atoms with Gasteiger partial charge in [-0.05, 0) is 17.2 Å². The van der Waals surface area contributed by atoms with Crippen molar-refractivity contribution < 1.29 is 14.3 Å². The molecule has 8 nitrogen and oxygen atoms in total. The Morgan fingerprint density at radius 3 is 3.04 bits per heavy atom. The highest BCUT2D eigenvalue weighted by Crippen LogP contribution is 2.14. The molecule has 1 saturated heterocycles. The lowest BCUT2D eigenvalue weighted by Gasteiger charge is -2.32. The molecule has 1 aromatic carbocycles. The number of rotatable bonds is 6. The first-order valence-electron chi connectivity index (χ1n) is 7.54. The first-order chi connectivity index (χ1) is 11.3. The molecular formula is C15H19N5O3. The molecule has 122 valence electrons. The molecule has 8 heteroatoms. The van der Waals surface area contributed by atoms with E-state index < -0.39 is 0 Å². The van der Waals surface area contributed by atoms with Crippen LogP contribution in [0, 0.1) is 0 Å². The van der Waals surface area contributed by atoms with E-state index in [9.17, 15) is 4.79 Å². The fourth-order valence-corrected chi connectivity index (χ4v) is 2.47. The van der Waals surface area contributed by atoms with Gasteiger partial charge in [-0.1, -0.05) is 30.3 Å². The van der Waals surface area contributed by atoms with Gasteiger partial charge in [0.05, 0.1) is 25.4 Å². The first-order valence-corrected chi connectivity index (χ1v) is 7.54. The van der Waals surface area contributed by atoms with Crippen molar-refractivity contribution in [1.82, 2.24) is 25.5 Å². The Morgan fingerprint density at radius 1 is 1.39 bits per heavy atom. The summed E-state index contributed by atoms with van der Waals surface area (Å²) in [5, 5.41) is 14.0. The molecule has 1 aromatic heterocycles. The summed E-state index contributed by atoms with van der Waals surface area (Å²) in [6.45, 7) is 1.62. The molecule has 0 saturated carbocycles. The van der Waals surface area contributed by atoms with E-state index in [0.717, 1.165) is 12.0 Å². The van der Waals surface area contributed by atoms with Crippen molar-refractivity contribution in [2.24, 2.45) is 0 Å². The van der Waals surface area contributed by atoms with Crippen molar-refractivity contribution >= 4 is 5.91 Å². The number of benzene rings is 1. The van der Waals surface area contributed by atoms with Crippen LogP contribution in [0.4, 0.5) is 0 Å². The minimum Gasteiger partial charge on any atom is -0.379 e. The summed E-state index contributed by atoms with van der Waals surface area (Å²) in [5.74, 6) is -0.188. The van der Waals surface area contributed by atoms with Gasteiger partial charge in [-0.25, -0.2) is 0 Å². The molecule has 2 atom stereocenters. The van der Waals surface area contributed by atoms with Crippen molar-refractivity contribution in [3.63, 3.8) is 0 Å². The smallest absolute Gasteiger partial charge is 0.244 e. The van der Waals surface area contributed by atoms with Gasteiger partial charge in [-0.15, -0.1) is 10.2 Å². The minimum atomic E-state index is -0.188. The third kappa shape index (κ3) is 4.57. The zero-order valence-electron chi connectivity index (χ0n) is 12.7. The summed E-state index contributed by atoms with van der Waals surface area (Å²) in [7, 11) is 0. The summed E-state index contributed by atoms with van der Waals surface area (Å²) < 4.78 is 11.4. The molecule has 1 aliphatic heterocycles. The van der Waals surface area contributed by atoms with Gasteiger partial charge >= 0.3 is 0 Å². The van der Waals surface area contributed by atoms with E-state index in [-0.39, 0.29) is 24.6 Å². The van der Waals surface area contributed by atoms with Crippen molar-refractivity contribution in [1.29, 1.82) is 0 Å². The second-order valence-electron chi connectivity index (χ2n) is 5.34. The Bertz CT molecular complexity index is 605. The Labute approximate surface area is 133 Å². The zero-order chi connectivity index (χ0) is 15.9. The van der Waals surface area contributed by atoms with Gasteiger partial charge < -0.3 is 14.8 Å². The van der Waals surface area contributed by atoms with Gasteiger partial charge in [0.25, 0.3) is 0 Å². The Hall–Kier alpha value is -2.32. The molecule has 3 rings (SSSR count). The minimum absolute atomic E-state index is 0.0297. The van der Waals surface area contributed by atoms with Crippen molar-refractivity contribution in [3.8, 4) is 0 Å². The summed E-state index contributed by atoms with van der Waals surface area (Å²) in [6, 6.07) is 9.79. The van der Waals surface area contributed by atoms with Crippen LogP contribution in [-0.4, -0.2) is 51.5 Å². The summed E-state index contributed by atoms with van der Waals surface area (Å²) in [5.41, 5.74) is 1.11. The average molecular weight is 317 g/mol. The van der Waals surface area contributed by atoms with Crippen LogP contribution in [0.1, 0.15) is 12.0 Å². The maximum atomic E-state index is 12.0. The molecular weight excluding hydrogens is 298 g/mol. The van der Waals surface area contributed by atoms with Crippen molar-refractivity contribution in [3.05, 3.63) is 42.2 Å². The van der Waals surface area contributed by atoms with Gasteiger partial charge in [0.1, 0.15) is 6.54 Å². The molecule has 0 unspecified atom stereocenters. The SMILES string of the molecule is O=C(Cn1ncnn1)N[C@@H]1COCC[C@@H]1OCc1ccccc1. The highest BCUT2D eigenvalue weighted by Gasteiger charge is 2.28. The molecule has 1 aliphatic rings. The van der Waals surface area contributed by atoms with E-state index in [1.807, 2.05) is 30.3 Å². The zero-order valence-corrected chi connectivity index (χ0v) is 12.7. The number of carbonyl (C=O) groups excluding carboxylic acids is 1. The van der Waals surface area contributed by atoms with E-state index in [2.05, 4.69) is 20.7 Å². The number of amides is 1. The Kier molecular flexibility index (Phi) is 5.28. The van der Waals surface area contributed by atoms with Gasteiger partial charge in [-0.2, -0.15) is 4.80 Å². The molecule has 0 aliphatic carbocycles. The van der Waals surface area contributed by atoms with Gasteiger partial charge in [0, 0.05) is 6.61 Å². The third-order valence-corrected chi connectivity index (χ3v) is 3.62. The van der Waals surface area contributed by atoms with Crippen LogP contribution in [-0.2, 0) is 27.4 Å². The van der Waals surface area contributed by atoms with E-state index in [1.54, 1.807) is 0 Å². The third-order valence-electron chi connectivity index (χ3n) is 3.62. The number of carbonyl (C=O) groups is 1. The largest absolute Gasteiger partial charge is 0.379 e. The van der Waals surface area contributed by atoms with Crippen LogP contribution in [0.5, 0.6) is 0 Å². The fraction of sp³-hybridized carbons (Fsp3) is 0.467. The van der Waals surface area contributed by atoms with Gasteiger partial charge in [0.15, 0.2) is 6.33 Å². The van der Waals surface area contributed by atoms with Crippen LogP contribution in [0.15, 0.2) is 36.7 Å². The maximum Gasteiger partial charge on any atom is 0.244 e. The van der Waals surface area contributed by atoms with Crippen LogP contribution in [0.25, 0.3) is 0 Å². The standard InChI is InChI=1S/C15H19N5O3/c21-15(8-20-17-11-16-19-20)18-13-10-22-7-6-14(13)23-9-12-4-2-1-3-5-12/h1-5,11,13-14H,6-10H2,(H,18,21)/t13-,14+/m1/s1. The first kappa shape index (κ1) is 15.6. The molecule has 0 bridgehead atoms. The van der Waals surface area contributed by atoms with Crippen LogP contribution in [0.2, 0.25) is 0 Å². The second-order valence-corrected chi connectivity index (χ2v) is 5.34. The van der Waals surface area contributed by atoms with Crippen LogP contribution >= 0.6 is 0 Å². The fourth-order valence-electron chi connectivity index (χ4n) is 2.47. The maximum absolute atomic E-state index is 12.0. The molecule has 0 spiro atoms.